The lowest BCUT2D eigenvalue weighted by molar-refractivity contribution is -0.0635. The van der Waals surface area contributed by atoms with E-state index in [-0.39, 0.29) is 10.6 Å². The fourth-order valence-electron chi connectivity index (χ4n) is 2.90. The molecule has 112 valence electrons. The highest BCUT2D eigenvalue weighted by Crippen LogP contribution is 2.43. The zero-order valence-corrected chi connectivity index (χ0v) is 12.9. The fraction of sp³-hybridized carbons (Fsp3) is 0.571. The molecule has 1 heterocycles. The van der Waals surface area contributed by atoms with Crippen molar-refractivity contribution in [1.29, 1.82) is 0 Å². The molecule has 0 aromatic heterocycles. The lowest BCUT2D eigenvalue weighted by Gasteiger charge is -2.27. The van der Waals surface area contributed by atoms with Gasteiger partial charge in [0.25, 0.3) is 0 Å². The third-order valence-corrected chi connectivity index (χ3v) is 6.10. The lowest BCUT2D eigenvalue weighted by Crippen LogP contribution is -2.38. The van der Waals surface area contributed by atoms with Gasteiger partial charge in [0.1, 0.15) is 5.82 Å². The zero-order chi connectivity index (χ0) is 15.3. The number of hydrogen-bond donors (Lipinski definition) is 1. The molecular weight excluding hydrogens is 281 g/mol. The van der Waals surface area contributed by atoms with Crippen LogP contribution in [0.3, 0.4) is 0 Å². The van der Waals surface area contributed by atoms with E-state index < -0.39 is 32.1 Å². The van der Waals surface area contributed by atoms with Crippen LogP contribution in [-0.4, -0.2) is 24.9 Å². The van der Waals surface area contributed by atoms with Crippen LogP contribution in [0, 0.1) is 5.82 Å². The number of hydrogen-bond acceptors (Lipinski definition) is 4. The number of benzene rings is 1. The van der Waals surface area contributed by atoms with Crippen LogP contribution in [0.4, 0.5) is 10.1 Å². The second kappa shape index (κ2) is 4.43. The molecule has 0 saturated carbocycles. The monoisotopic (exact) mass is 301 g/mol. The number of nitrogens with two attached hydrogens (primary N) is 1. The normalized spacial score (nSPS) is 24.8. The third kappa shape index (κ3) is 2.54. The summed E-state index contributed by atoms with van der Waals surface area (Å²) in [6.45, 7) is 7.16. The van der Waals surface area contributed by atoms with Crippen molar-refractivity contribution in [2.75, 3.05) is 5.73 Å². The largest absolute Gasteiger partial charge is 0.398 e. The summed E-state index contributed by atoms with van der Waals surface area (Å²) in [5.74, 6) is -0.617. The molecule has 1 aliphatic rings. The molecule has 1 aromatic rings. The lowest BCUT2D eigenvalue weighted by atomic mass is 10.0. The zero-order valence-electron chi connectivity index (χ0n) is 12.1. The molecule has 1 aliphatic heterocycles. The van der Waals surface area contributed by atoms with E-state index in [1.807, 2.05) is 13.8 Å². The number of sulfone groups is 1. The summed E-state index contributed by atoms with van der Waals surface area (Å²) in [5.41, 5.74) is 4.39. The van der Waals surface area contributed by atoms with Crippen molar-refractivity contribution in [2.45, 2.75) is 55.5 Å². The Balaban J connectivity index is 2.53. The Labute approximate surface area is 119 Å². The van der Waals surface area contributed by atoms with Gasteiger partial charge in [-0.25, -0.2) is 12.8 Å². The van der Waals surface area contributed by atoms with Crippen molar-refractivity contribution in [3.8, 4) is 0 Å². The molecule has 1 aromatic carbocycles. The Kier molecular flexibility index (Phi) is 3.38. The number of rotatable bonds is 2. The van der Waals surface area contributed by atoms with E-state index in [9.17, 15) is 12.8 Å². The van der Waals surface area contributed by atoms with E-state index >= 15 is 0 Å². The number of nitrogen functional groups attached to an aromatic ring is 1. The predicted molar refractivity (Wildman–Crippen MR) is 75.6 cm³/mol. The molecule has 0 amide bonds. The molecule has 0 spiro atoms. The molecule has 4 nitrogen and oxygen atoms in total. The second-order valence-electron chi connectivity index (χ2n) is 6.39. The van der Waals surface area contributed by atoms with Gasteiger partial charge in [-0.15, -0.1) is 0 Å². The predicted octanol–water partition coefficient (Wildman–Crippen LogP) is 2.53. The van der Waals surface area contributed by atoms with Crippen molar-refractivity contribution in [1.82, 2.24) is 0 Å². The van der Waals surface area contributed by atoms with Crippen molar-refractivity contribution < 1.29 is 17.5 Å². The molecule has 2 N–H and O–H groups in total. The SMILES string of the molecule is CC1(C)CC(S(=O)(=O)c2cc(F)ccc2N)C(C)(C)O1. The Morgan fingerprint density at radius 3 is 2.40 bits per heavy atom. The topological polar surface area (TPSA) is 69.4 Å². The maximum absolute atomic E-state index is 13.4. The molecule has 1 unspecified atom stereocenters. The van der Waals surface area contributed by atoms with Crippen molar-refractivity contribution in [3.63, 3.8) is 0 Å². The molecule has 0 aliphatic carbocycles. The average molecular weight is 301 g/mol. The average Bonchev–Trinajstić information content (AvgIpc) is 2.50. The first kappa shape index (κ1) is 15.3. The third-order valence-electron chi connectivity index (χ3n) is 3.65. The number of anilines is 1. The summed E-state index contributed by atoms with van der Waals surface area (Å²) < 4.78 is 44.7. The van der Waals surface area contributed by atoms with Gasteiger partial charge < -0.3 is 10.5 Å². The van der Waals surface area contributed by atoms with Gasteiger partial charge >= 0.3 is 0 Å². The first-order valence-electron chi connectivity index (χ1n) is 6.45. The molecule has 0 radical (unpaired) electrons. The van der Waals surface area contributed by atoms with E-state index in [0.717, 1.165) is 12.1 Å². The van der Waals surface area contributed by atoms with Crippen LogP contribution >= 0.6 is 0 Å². The van der Waals surface area contributed by atoms with Crippen molar-refractivity contribution in [2.24, 2.45) is 0 Å². The van der Waals surface area contributed by atoms with Gasteiger partial charge in [0.2, 0.25) is 0 Å². The first-order chi connectivity index (χ1) is 8.96. The van der Waals surface area contributed by atoms with E-state index in [4.69, 9.17) is 10.5 Å². The highest BCUT2D eigenvalue weighted by atomic mass is 32.2. The van der Waals surface area contributed by atoms with Gasteiger partial charge in [-0.05, 0) is 52.3 Å². The summed E-state index contributed by atoms with van der Waals surface area (Å²) in [5, 5.41) is -0.755. The molecule has 6 heteroatoms. The van der Waals surface area contributed by atoms with Crippen LogP contribution in [0.2, 0.25) is 0 Å². The van der Waals surface area contributed by atoms with Crippen LogP contribution < -0.4 is 5.73 Å². The maximum atomic E-state index is 13.4. The summed E-state index contributed by atoms with van der Waals surface area (Å²) >= 11 is 0. The van der Waals surface area contributed by atoms with E-state index in [2.05, 4.69) is 0 Å². The van der Waals surface area contributed by atoms with Gasteiger partial charge in [0, 0.05) is 0 Å². The minimum atomic E-state index is -3.76. The molecule has 0 bridgehead atoms. The molecule has 20 heavy (non-hydrogen) atoms. The van der Waals surface area contributed by atoms with Crippen molar-refractivity contribution in [3.05, 3.63) is 24.0 Å². The van der Waals surface area contributed by atoms with Crippen LogP contribution in [0.15, 0.2) is 23.1 Å². The Morgan fingerprint density at radius 2 is 1.90 bits per heavy atom. The smallest absolute Gasteiger partial charge is 0.186 e. The van der Waals surface area contributed by atoms with Gasteiger partial charge in [-0.1, -0.05) is 0 Å². The Morgan fingerprint density at radius 1 is 1.30 bits per heavy atom. The first-order valence-corrected chi connectivity index (χ1v) is 7.99. The molecule has 1 fully saturated rings. The summed E-state index contributed by atoms with van der Waals surface area (Å²) in [6.07, 6.45) is 0.346. The van der Waals surface area contributed by atoms with Gasteiger partial charge in [0.15, 0.2) is 9.84 Å². The van der Waals surface area contributed by atoms with E-state index in [0.29, 0.717) is 6.42 Å². The van der Waals surface area contributed by atoms with E-state index in [1.165, 1.54) is 6.07 Å². The second-order valence-corrected chi connectivity index (χ2v) is 8.48. The number of halogens is 1. The van der Waals surface area contributed by atoms with Crippen LogP contribution in [0.5, 0.6) is 0 Å². The van der Waals surface area contributed by atoms with Crippen molar-refractivity contribution >= 4 is 15.5 Å². The number of ether oxygens (including phenoxy) is 1. The van der Waals surface area contributed by atoms with Crippen LogP contribution in [-0.2, 0) is 14.6 Å². The highest BCUT2D eigenvalue weighted by molar-refractivity contribution is 7.92. The Bertz CT molecular complexity index is 638. The summed E-state index contributed by atoms with van der Waals surface area (Å²) in [7, 11) is -3.76. The quantitative estimate of drug-likeness (QED) is 0.852. The van der Waals surface area contributed by atoms with Gasteiger partial charge in [-0.3, -0.25) is 0 Å². The molecular formula is C14H20FNO3S. The van der Waals surface area contributed by atoms with Gasteiger partial charge in [0.05, 0.1) is 27.0 Å². The minimum Gasteiger partial charge on any atom is -0.398 e. The highest BCUT2D eigenvalue weighted by Gasteiger charge is 2.52. The molecule has 1 saturated heterocycles. The molecule has 1 atom stereocenters. The summed E-state index contributed by atoms with van der Waals surface area (Å²) in [4.78, 5) is -0.156. The van der Waals surface area contributed by atoms with Gasteiger partial charge in [-0.2, -0.15) is 0 Å². The standard InChI is InChI=1S/C14H20FNO3S/c1-13(2)8-12(14(3,4)19-13)20(17,18)11-7-9(15)5-6-10(11)16/h5-7,12H,8,16H2,1-4H3. The molecule has 2 rings (SSSR count). The van der Waals surface area contributed by atoms with Crippen LogP contribution in [0.25, 0.3) is 0 Å². The summed E-state index contributed by atoms with van der Waals surface area (Å²) in [6, 6.07) is 3.40. The minimum absolute atomic E-state index is 0.0620. The van der Waals surface area contributed by atoms with E-state index in [1.54, 1.807) is 13.8 Å². The van der Waals surface area contributed by atoms with Crippen LogP contribution in [0.1, 0.15) is 34.1 Å². The Hall–Kier alpha value is -1.14. The fourth-order valence-corrected chi connectivity index (χ4v) is 5.30. The maximum Gasteiger partial charge on any atom is 0.186 e.